The van der Waals surface area contributed by atoms with E-state index in [0.717, 1.165) is 36.0 Å². The fraction of sp³-hybridized carbons (Fsp3) is 0.500. The van der Waals surface area contributed by atoms with Gasteiger partial charge in [-0.3, -0.25) is 9.98 Å². The fourth-order valence-electron chi connectivity index (χ4n) is 3.97. The molecule has 3 aliphatic carbocycles. The van der Waals surface area contributed by atoms with Gasteiger partial charge in [-0.25, -0.2) is 9.78 Å². The van der Waals surface area contributed by atoms with Gasteiger partial charge in [0.15, 0.2) is 11.1 Å². The van der Waals surface area contributed by atoms with Gasteiger partial charge in [-0.1, -0.05) is 0 Å². The normalized spacial score (nSPS) is 20.9. The van der Waals surface area contributed by atoms with Crippen LogP contribution in [0.1, 0.15) is 44.2 Å². The molecule has 3 heterocycles. The van der Waals surface area contributed by atoms with E-state index in [0.29, 0.717) is 28.6 Å². The highest BCUT2D eigenvalue weighted by Crippen LogP contribution is 2.45. The lowest BCUT2D eigenvalue weighted by Gasteiger charge is -2.18. The molecule has 0 bridgehead atoms. The van der Waals surface area contributed by atoms with Crippen molar-refractivity contribution in [2.45, 2.75) is 50.6 Å². The second-order valence-electron chi connectivity index (χ2n) is 8.53. The summed E-state index contributed by atoms with van der Waals surface area (Å²) in [6, 6.07) is 2.84. The Kier molecular flexibility index (Phi) is 3.60. The Morgan fingerprint density at radius 3 is 2.59 bits per heavy atom. The Labute approximate surface area is 165 Å². The van der Waals surface area contributed by atoms with Crippen LogP contribution in [0.15, 0.2) is 22.1 Å². The topological polar surface area (TPSA) is 123 Å². The maximum atomic E-state index is 11.4. The molecule has 0 aliphatic heterocycles. The molecule has 9 heteroatoms. The Bertz CT molecular complexity index is 1250. The van der Waals surface area contributed by atoms with Gasteiger partial charge in [-0.15, -0.1) is 0 Å². The molecule has 3 saturated carbocycles. The molecule has 3 aliphatic rings. The van der Waals surface area contributed by atoms with Gasteiger partial charge >= 0.3 is 5.69 Å². The summed E-state index contributed by atoms with van der Waals surface area (Å²) in [5.74, 6) is 2.13. The van der Waals surface area contributed by atoms with Crippen molar-refractivity contribution in [3.63, 3.8) is 0 Å². The van der Waals surface area contributed by atoms with Crippen LogP contribution in [0, 0.1) is 11.8 Å². The minimum atomic E-state index is -0.457. The minimum absolute atomic E-state index is 0.200. The first-order chi connectivity index (χ1) is 14.1. The standard InChI is InChI=1S/C20H23N7O2/c28-19-14(23-20(29)26-19)7-12-9-21-27-16(22-13-5-6-13)8-15(25-18(12)27)24-17(10-1-2-10)11-3-4-11/h7-11,13,17,24,28H,1-6H2,(H2,23,26,29)/b12-7+,22-16?. The average molecular weight is 393 g/mol. The number of nitrogens with zero attached hydrogens (tertiary/aromatic N) is 4. The molecule has 6 rings (SSSR count). The van der Waals surface area contributed by atoms with Gasteiger partial charge in [0.05, 0.1) is 12.2 Å². The SMILES string of the molecule is O=c1[nH]c(O)c(/C=c2\cnn3c(=NC4CC4)cc(NC(C4CC4)C4CC4)nc23)[nH]1. The Hall–Kier alpha value is -3.10. The molecule has 0 spiro atoms. The Morgan fingerprint density at radius 1 is 1.21 bits per heavy atom. The number of rotatable bonds is 6. The zero-order chi connectivity index (χ0) is 19.5. The lowest BCUT2D eigenvalue weighted by molar-refractivity contribution is 0.454. The van der Waals surface area contributed by atoms with Crippen LogP contribution in [0.5, 0.6) is 5.88 Å². The largest absolute Gasteiger partial charge is 0.493 e. The van der Waals surface area contributed by atoms with Crippen molar-refractivity contribution in [1.29, 1.82) is 0 Å². The number of aromatic amines is 2. The van der Waals surface area contributed by atoms with E-state index in [-0.39, 0.29) is 5.88 Å². The number of aromatic hydroxyl groups is 1. The van der Waals surface area contributed by atoms with Crippen LogP contribution < -0.4 is 21.7 Å². The molecule has 9 nitrogen and oxygen atoms in total. The number of nitrogens with one attached hydrogen (secondary N) is 3. The van der Waals surface area contributed by atoms with E-state index in [9.17, 15) is 9.90 Å². The first-order valence-electron chi connectivity index (χ1n) is 10.4. The van der Waals surface area contributed by atoms with Gasteiger partial charge in [0.1, 0.15) is 11.5 Å². The Balaban J connectivity index is 1.48. The van der Waals surface area contributed by atoms with E-state index in [2.05, 4.69) is 20.4 Å². The molecule has 0 aromatic carbocycles. The monoisotopic (exact) mass is 393 g/mol. The van der Waals surface area contributed by atoms with Gasteiger partial charge in [0.2, 0.25) is 5.88 Å². The third kappa shape index (κ3) is 3.30. The minimum Gasteiger partial charge on any atom is -0.493 e. The molecular weight excluding hydrogens is 370 g/mol. The van der Waals surface area contributed by atoms with Crippen molar-refractivity contribution in [3.05, 3.63) is 39.1 Å². The zero-order valence-corrected chi connectivity index (χ0v) is 15.9. The second-order valence-corrected chi connectivity index (χ2v) is 8.53. The molecule has 0 saturated heterocycles. The van der Waals surface area contributed by atoms with E-state index in [1.165, 1.54) is 25.7 Å². The van der Waals surface area contributed by atoms with Crippen LogP contribution in [0.4, 0.5) is 5.82 Å². The van der Waals surface area contributed by atoms with E-state index in [1.54, 1.807) is 16.8 Å². The summed E-state index contributed by atoms with van der Waals surface area (Å²) < 4.78 is 1.74. The molecular formula is C20H23N7O2. The van der Waals surface area contributed by atoms with Crippen molar-refractivity contribution >= 4 is 17.5 Å². The van der Waals surface area contributed by atoms with Gasteiger partial charge in [0, 0.05) is 17.3 Å². The number of H-pyrrole nitrogens is 2. The summed E-state index contributed by atoms with van der Waals surface area (Å²) in [5, 5.41) is 18.8. The van der Waals surface area contributed by atoms with Crippen LogP contribution in [-0.2, 0) is 0 Å². The van der Waals surface area contributed by atoms with Crippen LogP contribution in [-0.4, -0.2) is 41.8 Å². The van der Waals surface area contributed by atoms with Crippen LogP contribution in [0.25, 0.3) is 11.7 Å². The summed E-state index contributed by atoms with van der Waals surface area (Å²) in [5.41, 5.74) is 1.29. The number of anilines is 1. The number of hydrogen-bond donors (Lipinski definition) is 4. The summed E-state index contributed by atoms with van der Waals surface area (Å²) in [4.78, 5) is 26.0. The van der Waals surface area contributed by atoms with Crippen LogP contribution in [0.2, 0.25) is 0 Å². The molecule has 0 radical (unpaired) electrons. The van der Waals surface area contributed by atoms with Gasteiger partial charge in [-0.05, 0) is 56.4 Å². The highest BCUT2D eigenvalue weighted by molar-refractivity contribution is 5.58. The van der Waals surface area contributed by atoms with Crippen LogP contribution >= 0.6 is 0 Å². The fourth-order valence-corrected chi connectivity index (χ4v) is 3.97. The first-order valence-corrected chi connectivity index (χ1v) is 10.4. The van der Waals surface area contributed by atoms with Crippen molar-refractivity contribution in [2.75, 3.05) is 5.32 Å². The van der Waals surface area contributed by atoms with Crippen molar-refractivity contribution < 1.29 is 5.11 Å². The molecule has 150 valence electrons. The van der Waals surface area contributed by atoms with Gasteiger partial charge in [0.25, 0.3) is 0 Å². The smallest absolute Gasteiger partial charge is 0.326 e. The predicted molar refractivity (Wildman–Crippen MR) is 106 cm³/mol. The van der Waals surface area contributed by atoms with E-state index in [1.807, 2.05) is 6.07 Å². The Morgan fingerprint density at radius 2 is 1.97 bits per heavy atom. The van der Waals surface area contributed by atoms with E-state index in [4.69, 9.17) is 9.98 Å². The quantitative estimate of drug-likeness (QED) is 0.490. The van der Waals surface area contributed by atoms with Crippen LogP contribution in [0.3, 0.4) is 0 Å². The summed E-state index contributed by atoms with van der Waals surface area (Å²) in [6.07, 6.45) is 10.7. The predicted octanol–water partition coefficient (Wildman–Crippen LogP) is 0.663. The summed E-state index contributed by atoms with van der Waals surface area (Å²) in [6.45, 7) is 0. The lowest BCUT2D eigenvalue weighted by atomic mass is 10.1. The first kappa shape index (κ1) is 16.8. The number of imidazole rings is 1. The molecule has 3 fully saturated rings. The summed E-state index contributed by atoms with van der Waals surface area (Å²) in [7, 11) is 0. The summed E-state index contributed by atoms with van der Waals surface area (Å²) >= 11 is 0. The molecule has 0 amide bonds. The van der Waals surface area contributed by atoms with Crippen molar-refractivity contribution in [1.82, 2.24) is 24.6 Å². The highest BCUT2D eigenvalue weighted by Gasteiger charge is 2.41. The molecule has 29 heavy (non-hydrogen) atoms. The third-order valence-corrected chi connectivity index (χ3v) is 5.95. The van der Waals surface area contributed by atoms with E-state index < -0.39 is 5.69 Å². The van der Waals surface area contributed by atoms with Crippen molar-refractivity contribution in [2.24, 2.45) is 16.8 Å². The van der Waals surface area contributed by atoms with Crippen molar-refractivity contribution in [3.8, 4) is 5.88 Å². The third-order valence-electron chi connectivity index (χ3n) is 5.95. The molecule has 0 atom stereocenters. The second kappa shape index (κ2) is 6.20. The lowest BCUT2D eigenvalue weighted by Crippen LogP contribution is -2.27. The average Bonchev–Trinajstić information content (AvgIpc) is 3.56. The maximum absolute atomic E-state index is 11.4. The van der Waals surface area contributed by atoms with Gasteiger partial charge in [-0.2, -0.15) is 9.61 Å². The number of fused-ring (bicyclic) bond motifs is 1. The number of hydrogen-bond acceptors (Lipinski definition) is 6. The van der Waals surface area contributed by atoms with E-state index >= 15 is 0 Å². The molecule has 0 unspecified atom stereocenters. The van der Waals surface area contributed by atoms with Gasteiger partial charge < -0.3 is 15.4 Å². The maximum Gasteiger partial charge on any atom is 0.326 e. The molecule has 4 N–H and O–H groups in total. The molecule has 3 aromatic rings. The highest BCUT2D eigenvalue weighted by atomic mass is 16.3. The number of aromatic nitrogens is 5. The molecule has 3 aromatic heterocycles. The zero-order valence-electron chi connectivity index (χ0n) is 15.9.